The Kier molecular flexibility index (Phi) is 4.70. The first kappa shape index (κ1) is 17.4. The monoisotopic (exact) mass is 366 g/mol. The van der Waals surface area contributed by atoms with E-state index in [0.29, 0.717) is 12.5 Å². The van der Waals surface area contributed by atoms with Crippen LogP contribution in [0.4, 0.5) is 0 Å². The first-order valence-corrected chi connectivity index (χ1v) is 9.08. The Morgan fingerprint density at radius 1 is 1.26 bits per heavy atom. The molecular formula is C19H22N6O2. The van der Waals surface area contributed by atoms with Crippen LogP contribution in [0.5, 0.6) is 0 Å². The van der Waals surface area contributed by atoms with Gasteiger partial charge in [0.15, 0.2) is 0 Å². The van der Waals surface area contributed by atoms with Crippen molar-refractivity contribution in [2.45, 2.75) is 33.2 Å². The molecule has 0 N–H and O–H groups in total. The number of likely N-dealkylation sites (tertiary alicyclic amines) is 1. The molecule has 1 aliphatic rings. The molecule has 4 rings (SSSR count). The summed E-state index contributed by atoms with van der Waals surface area (Å²) < 4.78 is 7.09. The number of carbonyl (C=O) groups is 1. The summed E-state index contributed by atoms with van der Waals surface area (Å²) in [4.78, 5) is 27.5. The van der Waals surface area contributed by atoms with Crippen LogP contribution in [0.2, 0.25) is 0 Å². The molecule has 0 spiro atoms. The van der Waals surface area contributed by atoms with Crippen molar-refractivity contribution in [2.24, 2.45) is 5.92 Å². The Balaban J connectivity index is 1.46. The van der Waals surface area contributed by atoms with Gasteiger partial charge in [0.2, 0.25) is 5.91 Å². The number of aryl methyl sites for hydroxylation is 2. The highest BCUT2D eigenvalue weighted by Crippen LogP contribution is 2.30. The van der Waals surface area contributed by atoms with E-state index in [1.54, 1.807) is 35.7 Å². The third kappa shape index (κ3) is 3.60. The minimum Gasteiger partial charge on any atom is -0.361 e. The Hall–Kier alpha value is -3.03. The minimum atomic E-state index is 0.126. The first-order valence-electron chi connectivity index (χ1n) is 9.08. The molecule has 0 bridgehead atoms. The first-order chi connectivity index (χ1) is 13.1. The highest BCUT2D eigenvalue weighted by atomic mass is 16.5. The van der Waals surface area contributed by atoms with E-state index >= 15 is 0 Å². The van der Waals surface area contributed by atoms with Crippen molar-refractivity contribution in [1.29, 1.82) is 0 Å². The normalized spacial score (nSPS) is 16.8. The summed E-state index contributed by atoms with van der Waals surface area (Å²) in [6.07, 6.45) is 10.3. The average molecular weight is 366 g/mol. The van der Waals surface area contributed by atoms with Gasteiger partial charge in [-0.05, 0) is 32.6 Å². The average Bonchev–Trinajstić information content (AvgIpc) is 3.39. The van der Waals surface area contributed by atoms with Crippen molar-refractivity contribution in [1.82, 2.24) is 29.6 Å². The maximum Gasteiger partial charge on any atom is 0.242 e. The van der Waals surface area contributed by atoms with E-state index in [0.717, 1.165) is 54.3 Å². The van der Waals surface area contributed by atoms with Gasteiger partial charge >= 0.3 is 0 Å². The molecule has 0 aromatic carbocycles. The van der Waals surface area contributed by atoms with Crippen molar-refractivity contribution < 1.29 is 9.32 Å². The highest BCUT2D eigenvalue weighted by molar-refractivity contribution is 5.76. The molecule has 3 aromatic rings. The molecule has 1 aliphatic heterocycles. The van der Waals surface area contributed by atoms with Crippen LogP contribution in [0.25, 0.3) is 11.3 Å². The molecule has 140 valence electrons. The molecule has 0 unspecified atom stereocenters. The molecule has 3 aromatic heterocycles. The van der Waals surface area contributed by atoms with E-state index in [1.165, 1.54) is 0 Å². The number of amides is 1. The fraction of sp³-hybridized carbons (Fsp3) is 0.421. The predicted octanol–water partition coefficient (Wildman–Crippen LogP) is 2.04. The zero-order valence-electron chi connectivity index (χ0n) is 15.5. The van der Waals surface area contributed by atoms with E-state index in [-0.39, 0.29) is 5.91 Å². The number of aromatic nitrogens is 5. The molecule has 1 fully saturated rings. The Morgan fingerprint density at radius 2 is 2.11 bits per heavy atom. The second kappa shape index (κ2) is 7.30. The van der Waals surface area contributed by atoms with Crippen LogP contribution < -0.4 is 0 Å². The van der Waals surface area contributed by atoms with Crippen LogP contribution in [0.15, 0.2) is 35.6 Å². The van der Waals surface area contributed by atoms with Gasteiger partial charge in [0.25, 0.3) is 0 Å². The highest BCUT2D eigenvalue weighted by Gasteiger charge is 2.28. The number of rotatable bonds is 5. The van der Waals surface area contributed by atoms with Gasteiger partial charge in [-0.3, -0.25) is 14.8 Å². The number of nitrogens with zero attached hydrogens (tertiary/aromatic N) is 6. The Labute approximate surface area is 157 Å². The van der Waals surface area contributed by atoms with Crippen molar-refractivity contribution in [3.63, 3.8) is 0 Å². The van der Waals surface area contributed by atoms with Crippen LogP contribution in [0.1, 0.15) is 23.6 Å². The second-order valence-electron chi connectivity index (χ2n) is 6.98. The van der Waals surface area contributed by atoms with Crippen molar-refractivity contribution in [3.05, 3.63) is 48.3 Å². The molecule has 8 nitrogen and oxygen atoms in total. The fourth-order valence-corrected chi connectivity index (χ4v) is 3.68. The summed E-state index contributed by atoms with van der Waals surface area (Å²) in [5.74, 6) is 1.24. The van der Waals surface area contributed by atoms with Gasteiger partial charge in [-0.25, -0.2) is 4.98 Å². The summed E-state index contributed by atoms with van der Waals surface area (Å²) in [5.41, 5.74) is 3.50. The Bertz CT molecular complexity index is 914. The van der Waals surface area contributed by atoms with Gasteiger partial charge in [-0.15, -0.1) is 0 Å². The lowest BCUT2D eigenvalue weighted by Gasteiger charge is -2.17. The number of hydrogen-bond donors (Lipinski definition) is 0. The quantitative estimate of drug-likeness (QED) is 0.686. The molecule has 0 saturated carbocycles. The Morgan fingerprint density at radius 3 is 2.85 bits per heavy atom. The summed E-state index contributed by atoms with van der Waals surface area (Å²) in [6, 6.07) is 0. The van der Waals surface area contributed by atoms with Crippen LogP contribution >= 0.6 is 0 Å². The third-order valence-electron chi connectivity index (χ3n) is 5.04. The zero-order chi connectivity index (χ0) is 18.8. The van der Waals surface area contributed by atoms with Gasteiger partial charge in [0, 0.05) is 37.9 Å². The maximum atomic E-state index is 12.5. The molecule has 0 aliphatic carbocycles. The zero-order valence-corrected chi connectivity index (χ0v) is 15.5. The molecule has 0 radical (unpaired) electrons. The largest absolute Gasteiger partial charge is 0.361 e. The molecule has 27 heavy (non-hydrogen) atoms. The van der Waals surface area contributed by atoms with Crippen LogP contribution in [-0.2, 0) is 17.8 Å². The topological polar surface area (TPSA) is 89.9 Å². The van der Waals surface area contributed by atoms with Crippen molar-refractivity contribution in [2.75, 3.05) is 13.1 Å². The van der Waals surface area contributed by atoms with Gasteiger partial charge in [0.05, 0.1) is 29.0 Å². The summed E-state index contributed by atoms with van der Waals surface area (Å²) in [6.45, 7) is 5.66. The van der Waals surface area contributed by atoms with Crippen LogP contribution in [-0.4, -0.2) is 48.6 Å². The van der Waals surface area contributed by atoms with E-state index in [1.807, 2.05) is 18.7 Å². The molecule has 1 saturated heterocycles. The van der Waals surface area contributed by atoms with E-state index in [9.17, 15) is 4.79 Å². The summed E-state index contributed by atoms with van der Waals surface area (Å²) in [5, 5.41) is 4.03. The lowest BCUT2D eigenvalue weighted by molar-refractivity contribution is -0.130. The van der Waals surface area contributed by atoms with Gasteiger partial charge < -0.3 is 14.0 Å². The van der Waals surface area contributed by atoms with E-state index < -0.39 is 0 Å². The maximum absolute atomic E-state index is 12.5. The molecule has 4 heterocycles. The number of carbonyl (C=O) groups excluding carboxylic acids is 1. The van der Waals surface area contributed by atoms with Gasteiger partial charge in [-0.2, -0.15) is 0 Å². The smallest absolute Gasteiger partial charge is 0.242 e. The van der Waals surface area contributed by atoms with Crippen molar-refractivity contribution >= 4 is 5.91 Å². The number of imidazole rings is 1. The van der Waals surface area contributed by atoms with E-state index in [4.69, 9.17) is 4.52 Å². The number of hydrogen-bond acceptors (Lipinski definition) is 6. The fourth-order valence-electron chi connectivity index (χ4n) is 3.68. The van der Waals surface area contributed by atoms with Gasteiger partial charge in [-0.1, -0.05) is 5.16 Å². The molecule has 8 heteroatoms. The predicted molar refractivity (Wildman–Crippen MR) is 97.6 cm³/mol. The van der Waals surface area contributed by atoms with Crippen molar-refractivity contribution in [3.8, 4) is 11.3 Å². The minimum absolute atomic E-state index is 0.126. The summed E-state index contributed by atoms with van der Waals surface area (Å²) in [7, 11) is 0. The lowest BCUT2D eigenvalue weighted by Crippen LogP contribution is -2.31. The third-order valence-corrected chi connectivity index (χ3v) is 5.04. The van der Waals surface area contributed by atoms with Gasteiger partial charge in [0.1, 0.15) is 12.3 Å². The van der Waals surface area contributed by atoms with E-state index in [2.05, 4.69) is 20.1 Å². The molecular weight excluding hydrogens is 344 g/mol. The standard InChI is InChI=1S/C19H22N6O2/c1-13-18(14(2)27-23-13)19-16(21-4-5-22-19)9-15-3-7-25(10-15)17(26)11-24-8-6-20-12-24/h4-6,8,12,15H,3,7,9-11H2,1-2H3/t15-/m0/s1. The SMILES string of the molecule is Cc1noc(C)c1-c1nccnc1C[C@@H]1CCN(C(=O)Cn2ccnc2)C1. The van der Waals surface area contributed by atoms with Crippen LogP contribution in [0.3, 0.4) is 0 Å². The summed E-state index contributed by atoms with van der Waals surface area (Å²) >= 11 is 0. The molecule has 1 amide bonds. The molecule has 1 atom stereocenters. The second-order valence-corrected chi connectivity index (χ2v) is 6.98. The van der Waals surface area contributed by atoms with Crippen LogP contribution in [0, 0.1) is 19.8 Å². The lowest BCUT2D eigenvalue weighted by atomic mass is 9.98.